The Morgan fingerprint density at radius 1 is 0.914 bits per heavy atom. The first-order valence-electron chi connectivity index (χ1n) is 10.8. The Kier molecular flexibility index (Phi) is 9.39. The second-order valence-electron chi connectivity index (χ2n) is 8.40. The van der Waals surface area contributed by atoms with Crippen molar-refractivity contribution in [2.24, 2.45) is 0 Å². The van der Waals surface area contributed by atoms with Crippen LogP contribution in [0.4, 0.5) is 5.69 Å². The number of hydrogen-bond donors (Lipinski definition) is 0. The standard InChI is InChI=1S/C13H15NO4.C13H18O4/c1-8-7-14(13(8)15)9-5-10(16-2)12(18-4)11(6-9)17-3;1-13(2,3)17-12(14)9-16-11-8-6-5-7-10(11)15-4/h5-6H,1,7H2,2-4H3;5-8H,9H2,1-4H3. The molecule has 0 radical (unpaired) electrons. The van der Waals surface area contributed by atoms with Gasteiger partial charge < -0.3 is 33.3 Å². The molecule has 0 saturated carbocycles. The van der Waals surface area contributed by atoms with Crippen molar-refractivity contribution >= 4 is 17.6 Å². The number of hydrogen-bond acceptors (Lipinski definition) is 8. The third-order valence-electron chi connectivity index (χ3n) is 4.69. The van der Waals surface area contributed by atoms with E-state index in [2.05, 4.69) is 6.58 Å². The van der Waals surface area contributed by atoms with Crippen LogP contribution in [0.25, 0.3) is 0 Å². The number of para-hydroxylation sites is 2. The highest BCUT2D eigenvalue weighted by Gasteiger charge is 2.31. The van der Waals surface area contributed by atoms with E-state index in [-0.39, 0.29) is 12.5 Å². The summed E-state index contributed by atoms with van der Waals surface area (Å²) in [6.45, 7) is 9.50. The van der Waals surface area contributed by atoms with E-state index < -0.39 is 11.6 Å². The number of β-lactam (4-membered cyclic amide) rings is 1. The third kappa shape index (κ3) is 7.30. The molecule has 2 aromatic rings. The van der Waals surface area contributed by atoms with Gasteiger partial charge in [0.2, 0.25) is 5.75 Å². The van der Waals surface area contributed by atoms with E-state index in [4.69, 9.17) is 28.4 Å². The topological polar surface area (TPSA) is 92.8 Å². The summed E-state index contributed by atoms with van der Waals surface area (Å²) in [4.78, 5) is 24.7. The molecule has 0 aliphatic carbocycles. The van der Waals surface area contributed by atoms with Crippen molar-refractivity contribution in [2.75, 3.05) is 46.5 Å². The van der Waals surface area contributed by atoms with Gasteiger partial charge in [-0.15, -0.1) is 0 Å². The second kappa shape index (κ2) is 12.0. The van der Waals surface area contributed by atoms with Gasteiger partial charge in [-0.25, -0.2) is 4.79 Å². The molecule has 1 amide bonds. The van der Waals surface area contributed by atoms with Gasteiger partial charge in [-0.2, -0.15) is 0 Å². The Labute approximate surface area is 206 Å². The van der Waals surface area contributed by atoms with Crippen LogP contribution < -0.4 is 28.6 Å². The van der Waals surface area contributed by atoms with Crippen LogP contribution >= 0.6 is 0 Å². The maximum Gasteiger partial charge on any atom is 0.344 e. The lowest BCUT2D eigenvalue weighted by Crippen LogP contribution is -2.45. The first kappa shape index (κ1) is 27.4. The molecule has 0 spiro atoms. The smallest absolute Gasteiger partial charge is 0.344 e. The molecule has 9 heteroatoms. The Morgan fingerprint density at radius 2 is 1.46 bits per heavy atom. The van der Waals surface area contributed by atoms with Gasteiger partial charge in [0.15, 0.2) is 29.6 Å². The van der Waals surface area contributed by atoms with Gasteiger partial charge >= 0.3 is 5.97 Å². The summed E-state index contributed by atoms with van der Waals surface area (Å²) in [5.74, 6) is 2.20. The molecule has 1 aliphatic heterocycles. The van der Waals surface area contributed by atoms with Gasteiger partial charge in [0.25, 0.3) is 5.91 Å². The molecule has 0 bridgehead atoms. The highest BCUT2D eigenvalue weighted by molar-refractivity contribution is 6.13. The molecule has 1 saturated heterocycles. The van der Waals surface area contributed by atoms with E-state index in [9.17, 15) is 9.59 Å². The van der Waals surface area contributed by atoms with Crippen molar-refractivity contribution in [3.8, 4) is 28.7 Å². The first-order valence-corrected chi connectivity index (χ1v) is 10.8. The number of carbonyl (C=O) groups is 2. The molecular weight excluding hydrogens is 454 g/mol. The molecular formula is C26H33NO8. The Hall–Kier alpha value is -3.88. The lowest BCUT2D eigenvalue weighted by molar-refractivity contribution is -0.157. The maximum atomic E-state index is 11.6. The van der Waals surface area contributed by atoms with Crippen LogP contribution in [-0.4, -0.2) is 59.1 Å². The quantitative estimate of drug-likeness (QED) is 0.313. The highest BCUT2D eigenvalue weighted by Crippen LogP contribution is 2.42. The molecule has 1 aliphatic rings. The van der Waals surface area contributed by atoms with Crippen molar-refractivity contribution in [1.82, 2.24) is 0 Å². The van der Waals surface area contributed by atoms with E-state index in [1.807, 2.05) is 32.9 Å². The molecule has 190 valence electrons. The fourth-order valence-corrected chi connectivity index (χ4v) is 3.11. The summed E-state index contributed by atoms with van der Waals surface area (Å²) in [5.41, 5.74) is 0.812. The van der Waals surface area contributed by atoms with Crippen molar-refractivity contribution in [1.29, 1.82) is 0 Å². The number of anilines is 1. The van der Waals surface area contributed by atoms with E-state index in [1.54, 1.807) is 36.3 Å². The molecule has 0 unspecified atom stereocenters. The minimum Gasteiger partial charge on any atom is -0.493 e. The van der Waals surface area contributed by atoms with E-state index >= 15 is 0 Å². The summed E-state index contributed by atoms with van der Waals surface area (Å²) in [5, 5.41) is 0. The van der Waals surface area contributed by atoms with E-state index in [0.717, 1.165) is 0 Å². The summed E-state index contributed by atoms with van der Waals surface area (Å²) < 4.78 is 31.3. The number of carbonyl (C=O) groups excluding carboxylic acids is 2. The molecule has 3 rings (SSSR count). The summed E-state index contributed by atoms with van der Waals surface area (Å²) in [6, 6.07) is 10.6. The van der Waals surface area contributed by atoms with Crippen molar-refractivity contribution in [2.45, 2.75) is 26.4 Å². The largest absolute Gasteiger partial charge is 0.493 e. The fraction of sp³-hybridized carbons (Fsp3) is 0.385. The molecule has 0 N–H and O–H groups in total. The maximum absolute atomic E-state index is 11.6. The minimum absolute atomic E-state index is 0.0794. The predicted octanol–water partition coefficient (Wildman–Crippen LogP) is 4.03. The number of methoxy groups -OCH3 is 4. The molecule has 1 fully saturated rings. The number of benzene rings is 2. The average Bonchev–Trinajstić information content (AvgIpc) is 2.84. The normalized spacial score (nSPS) is 12.6. The molecule has 2 aromatic carbocycles. The van der Waals surface area contributed by atoms with Gasteiger partial charge in [0.1, 0.15) is 5.60 Å². The van der Waals surface area contributed by atoms with Gasteiger partial charge in [-0.05, 0) is 32.9 Å². The predicted molar refractivity (Wildman–Crippen MR) is 132 cm³/mol. The van der Waals surface area contributed by atoms with E-state index in [1.165, 1.54) is 21.3 Å². The SMILES string of the molecule is C=C1CN(c2cc(OC)c(OC)c(OC)c2)C1=O.COc1ccccc1OCC(=O)OC(C)(C)C. The molecule has 35 heavy (non-hydrogen) atoms. The second-order valence-corrected chi connectivity index (χ2v) is 8.40. The van der Waals surface area contributed by atoms with E-state index in [0.29, 0.717) is 46.6 Å². The zero-order valence-corrected chi connectivity index (χ0v) is 21.3. The summed E-state index contributed by atoms with van der Waals surface area (Å²) in [6.07, 6.45) is 0. The van der Waals surface area contributed by atoms with Crippen molar-refractivity contribution in [3.05, 3.63) is 48.6 Å². The minimum atomic E-state index is -0.499. The number of ether oxygens (including phenoxy) is 6. The zero-order valence-electron chi connectivity index (χ0n) is 21.3. The van der Waals surface area contributed by atoms with Gasteiger partial charge in [0.05, 0.1) is 40.7 Å². The first-order chi connectivity index (χ1) is 16.5. The molecule has 9 nitrogen and oxygen atoms in total. The Morgan fingerprint density at radius 3 is 1.89 bits per heavy atom. The fourth-order valence-electron chi connectivity index (χ4n) is 3.11. The van der Waals surface area contributed by atoms with Gasteiger partial charge in [-0.1, -0.05) is 18.7 Å². The summed E-state index contributed by atoms with van der Waals surface area (Å²) in [7, 11) is 6.17. The van der Waals surface area contributed by atoms with Crippen LogP contribution in [0.15, 0.2) is 48.6 Å². The van der Waals surface area contributed by atoms with Crippen LogP contribution in [0, 0.1) is 0 Å². The van der Waals surface area contributed by atoms with Crippen molar-refractivity contribution in [3.63, 3.8) is 0 Å². The molecule has 0 atom stereocenters. The lowest BCUT2D eigenvalue weighted by Gasteiger charge is -2.33. The van der Waals surface area contributed by atoms with Crippen LogP contribution in [0.1, 0.15) is 20.8 Å². The van der Waals surface area contributed by atoms with Crippen LogP contribution in [-0.2, 0) is 14.3 Å². The number of nitrogens with zero attached hydrogens (tertiary/aromatic N) is 1. The van der Waals surface area contributed by atoms with Crippen LogP contribution in [0.3, 0.4) is 0 Å². The zero-order chi connectivity index (χ0) is 26.2. The summed E-state index contributed by atoms with van der Waals surface area (Å²) >= 11 is 0. The molecule has 0 aromatic heterocycles. The van der Waals surface area contributed by atoms with Crippen molar-refractivity contribution < 1.29 is 38.0 Å². The number of amides is 1. The van der Waals surface area contributed by atoms with Gasteiger partial charge in [0, 0.05) is 17.7 Å². The lowest BCUT2D eigenvalue weighted by atomic mass is 10.1. The van der Waals surface area contributed by atoms with Crippen LogP contribution in [0.2, 0.25) is 0 Å². The highest BCUT2D eigenvalue weighted by atomic mass is 16.6. The monoisotopic (exact) mass is 487 g/mol. The molecule has 1 heterocycles. The van der Waals surface area contributed by atoms with Crippen LogP contribution in [0.5, 0.6) is 28.7 Å². The Bertz CT molecular complexity index is 1030. The number of rotatable bonds is 8. The number of esters is 1. The Balaban J connectivity index is 0.000000247. The third-order valence-corrected chi connectivity index (χ3v) is 4.69. The van der Waals surface area contributed by atoms with Gasteiger partial charge in [-0.3, -0.25) is 4.79 Å². The average molecular weight is 488 g/mol.